The lowest BCUT2D eigenvalue weighted by Gasteiger charge is -2.28. The Kier molecular flexibility index (Phi) is 9.26. The normalized spacial score (nSPS) is 16.5. The lowest BCUT2D eigenvalue weighted by Crippen LogP contribution is -2.41. The van der Waals surface area contributed by atoms with Gasteiger partial charge in [-0.05, 0) is 39.8 Å². The molecular weight excluding hydrogens is 264 g/mol. The molecule has 0 aliphatic heterocycles. The maximum Gasteiger partial charge on any atom is 0.334 e. The summed E-state index contributed by atoms with van der Waals surface area (Å²) in [6.07, 6.45) is 3.83. The molecule has 0 saturated heterocycles. The van der Waals surface area contributed by atoms with Gasteiger partial charge in [0, 0.05) is 18.4 Å². The van der Waals surface area contributed by atoms with Crippen LogP contribution in [0.3, 0.4) is 0 Å². The molecule has 0 N–H and O–H groups in total. The molecule has 0 amide bonds. The SMILES string of the molecule is CC=CC(=O)OCCC[Si](C)(OCC)OC(C)[Si]. The number of rotatable bonds is 9. The summed E-state index contributed by atoms with van der Waals surface area (Å²) in [7, 11) is 1.26. The monoisotopic (exact) mass is 287 g/mol. The zero-order valence-corrected chi connectivity index (χ0v) is 13.7. The molecule has 4 nitrogen and oxygen atoms in total. The predicted molar refractivity (Wildman–Crippen MR) is 74.7 cm³/mol. The molecule has 18 heavy (non-hydrogen) atoms. The molecule has 0 spiro atoms. The quantitative estimate of drug-likeness (QED) is 0.282. The third-order valence-corrected chi connectivity index (χ3v) is 5.56. The first-order valence-corrected chi connectivity index (χ1v) is 9.36. The summed E-state index contributed by atoms with van der Waals surface area (Å²) in [6.45, 7) is 8.73. The van der Waals surface area contributed by atoms with E-state index in [4.69, 9.17) is 13.6 Å². The third-order valence-electron chi connectivity index (χ3n) is 2.20. The fraction of sp³-hybridized carbons (Fsp3) is 0.750. The summed E-state index contributed by atoms with van der Waals surface area (Å²) in [5.74, 6) is -0.299. The lowest BCUT2D eigenvalue weighted by atomic mass is 10.5. The molecule has 3 radical (unpaired) electrons. The molecule has 0 bridgehead atoms. The Morgan fingerprint density at radius 2 is 2.17 bits per heavy atom. The number of hydrogen-bond donors (Lipinski definition) is 0. The summed E-state index contributed by atoms with van der Waals surface area (Å²) < 4.78 is 16.6. The molecule has 0 aromatic heterocycles. The van der Waals surface area contributed by atoms with Gasteiger partial charge in [0.2, 0.25) is 0 Å². The molecule has 0 fully saturated rings. The smallest absolute Gasteiger partial charge is 0.334 e. The molecule has 6 heteroatoms. The van der Waals surface area contributed by atoms with Crippen LogP contribution in [0.4, 0.5) is 0 Å². The third kappa shape index (κ3) is 8.62. The second kappa shape index (κ2) is 9.49. The minimum atomic E-state index is -2.16. The topological polar surface area (TPSA) is 44.8 Å². The Balaban J connectivity index is 4.00. The van der Waals surface area contributed by atoms with Crippen molar-refractivity contribution in [3.8, 4) is 0 Å². The summed E-state index contributed by atoms with van der Waals surface area (Å²) in [5.41, 5.74) is -0.0289. The van der Waals surface area contributed by atoms with E-state index >= 15 is 0 Å². The highest BCUT2D eigenvalue weighted by molar-refractivity contribution is 6.66. The minimum Gasteiger partial charge on any atom is -0.463 e. The van der Waals surface area contributed by atoms with E-state index < -0.39 is 8.56 Å². The van der Waals surface area contributed by atoms with Crippen molar-refractivity contribution in [2.24, 2.45) is 0 Å². The van der Waals surface area contributed by atoms with Crippen LogP contribution in [0.25, 0.3) is 0 Å². The van der Waals surface area contributed by atoms with Crippen LogP contribution in [-0.4, -0.2) is 43.7 Å². The average molecular weight is 287 g/mol. The standard InChI is InChI=1S/C12H23O4Si2/c1-5-8-12(13)14-9-7-10-18(4,15-6-2)16-11(3)17/h5,8,11H,6-7,9-10H2,1-4H3. The molecule has 0 aromatic carbocycles. The average Bonchev–Trinajstić information content (AvgIpc) is 2.24. The van der Waals surface area contributed by atoms with Gasteiger partial charge in [-0.25, -0.2) is 4.79 Å². The maximum absolute atomic E-state index is 11.1. The maximum atomic E-state index is 11.1. The molecule has 0 saturated carbocycles. The van der Waals surface area contributed by atoms with Crippen molar-refractivity contribution in [3.05, 3.63) is 12.2 Å². The first-order valence-electron chi connectivity index (χ1n) is 6.26. The molecule has 0 aliphatic rings. The fourth-order valence-electron chi connectivity index (χ4n) is 1.59. The summed E-state index contributed by atoms with van der Waals surface area (Å²) in [4.78, 5) is 11.1. The molecule has 0 heterocycles. The van der Waals surface area contributed by atoms with E-state index in [0.717, 1.165) is 12.5 Å². The number of carbonyl (C=O) groups is 1. The molecule has 0 rings (SSSR count). The second-order valence-corrected chi connectivity index (χ2v) is 8.20. The second-order valence-electron chi connectivity index (χ2n) is 4.10. The lowest BCUT2D eigenvalue weighted by molar-refractivity contribution is -0.137. The van der Waals surface area contributed by atoms with Gasteiger partial charge in [-0.15, -0.1) is 0 Å². The van der Waals surface area contributed by atoms with E-state index in [2.05, 4.69) is 10.2 Å². The van der Waals surface area contributed by atoms with Crippen molar-refractivity contribution in [3.63, 3.8) is 0 Å². The van der Waals surface area contributed by atoms with Gasteiger partial charge in [-0.2, -0.15) is 0 Å². The zero-order chi connectivity index (χ0) is 14.0. The first kappa shape index (κ1) is 17.6. The molecule has 0 aliphatic carbocycles. The van der Waals surface area contributed by atoms with Crippen LogP contribution >= 0.6 is 0 Å². The Morgan fingerprint density at radius 1 is 1.50 bits per heavy atom. The number of esters is 1. The van der Waals surface area contributed by atoms with Gasteiger partial charge in [-0.1, -0.05) is 6.08 Å². The van der Waals surface area contributed by atoms with E-state index in [-0.39, 0.29) is 11.7 Å². The van der Waals surface area contributed by atoms with Crippen molar-refractivity contribution in [2.75, 3.05) is 13.2 Å². The zero-order valence-electron chi connectivity index (χ0n) is 11.7. The Labute approximate surface area is 114 Å². The van der Waals surface area contributed by atoms with E-state index in [1.165, 1.54) is 6.08 Å². The highest BCUT2D eigenvalue weighted by Gasteiger charge is 2.31. The van der Waals surface area contributed by atoms with E-state index in [0.29, 0.717) is 13.2 Å². The number of hydrogen-bond acceptors (Lipinski definition) is 4. The van der Waals surface area contributed by atoms with Crippen LogP contribution < -0.4 is 0 Å². The van der Waals surface area contributed by atoms with Crippen molar-refractivity contribution in [2.45, 2.75) is 45.5 Å². The molecule has 0 aromatic rings. The van der Waals surface area contributed by atoms with Crippen LogP contribution in [0.1, 0.15) is 27.2 Å². The Hall–Kier alpha value is -0.436. The van der Waals surface area contributed by atoms with Gasteiger partial charge in [0.1, 0.15) is 0 Å². The minimum absolute atomic E-state index is 0.0289. The number of carbonyl (C=O) groups excluding carboxylic acids is 1. The van der Waals surface area contributed by atoms with Gasteiger partial charge in [0.25, 0.3) is 0 Å². The Morgan fingerprint density at radius 3 is 2.67 bits per heavy atom. The summed E-state index contributed by atoms with van der Waals surface area (Å²) in [5, 5.41) is 0. The van der Waals surface area contributed by atoms with Gasteiger partial charge in [-0.3, -0.25) is 0 Å². The van der Waals surface area contributed by atoms with Crippen LogP contribution in [0.5, 0.6) is 0 Å². The molecule has 2 unspecified atom stereocenters. The van der Waals surface area contributed by atoms with Crippen LogP contribution in [0.2, 0.25) is 12.6 Å². The van der Waals surface area contributed by atoms with Gasteiger partial charge >= 0.3 is 14.5 Å². The predicted octanol–water partition coefficient (Wildman–Crippen LogP) is 2.14. The Bertz CT molecular complexity index is 269. The van der Waals surface area contributed by atoms with Crippen LogP contribution in [0.15, 0.2) is 12.2 Å². The van der Waals surface area contributed by atoms with Crippen molar-refractivity contribution >= 4 is 24.8 Å². The largest absolute Gasteiger partial charge is 0.463 e. The van der Waals surface area contributed by atoms with Crippen LogP contribution in [-0.2, 0) is 18.4 Å². The molecular formula is C12H23O4Si2. The first-order chi connectivity index (χ1) is 8.43. The van der Waals surface area contributed by atoms with Crippen molar-refractivity contribution < 1.29 is 18.4 Å². The van der Waals surface area contributed by atoms with Crippen molar-refractivity contribution in [1.82, 2.24) is 0 Å². The van der Waals surface area contributed by atoms with Gasteiger partial charge < -0.3 is 13.6 Å². The van der Waals surface area contributed by atoms with E-state index in [9.17, 15) is 4.79 Å². The van der Waals surface area contributed by atoms with Gasteiger partial charge in [0.05, 0.1) is 16.8 Å². The molecule has 2 atom stereocenters. The van der Waals surface area contributed by atoms with Crippen LogP contribution in [0, 0.1) is 0 Å². The molecule has 103 valence electrons. The number of ether oxygens (including phenoxy) is 1. The number of allylic oxidation sites excluding steroid dienone is 1. The highest BCUT2D eigenvalue weighted by atomic mass is 28.4. The van der Waals surface area contributed by atoms with Crippen molar-refractivity contribution in [1.29, 1.82) is 0 Å². The van der Waals surface area contributed by atoms with E-state index in [1.54, 1.807) is 13.0 Å². The van der Waals surface area contributed by atoms with E-state index in [1.807, 2.05) is 20.4 Å². The highest BCUT2D eigenvalue weighted by Crippen LogP contribution is 2.17. The summed E-state index contributed by atoms with van der Waals surface area (Å²) >= 11 is 0. The summed E-state index contributed by atoms with van der Waals surface area (Å²) in [6, 6.07) is 0.804. The van der Waals surface area contributed by atoms with Gasteiger partial charge in [0.15, 0.2) is 0 Å². The fourth-order valence-corrected chi connectivity index (χ4v) is 4.82.